The van der Waals surface area contributed by atoms with E-state index >= 15 is 0 Å². The van der Waals surface area contributed by atoms with Gasteiger partial charge in [0.25, 0.3) is 0 Å². The van der Waals surface area contributed by atoms with Crippen LogP contribution in [0.5, 0.6) is 11.5 Å². The molecule has 12 aromatic rings. The lowest BCUT2D eigenvalue weighted by molar-refractivity contribution is 0.414. The second-order valence-corrected chi connectivity index (χ2v) is 25.4. The monoisotopic (exact) mass is 1120 g/mol. The van der Waals surface area contributed by atoms with Crippen molar-refractivity contribution < 1.29 is 9.47 Å². The summed E-state index contributed by atoms with van der Waals surface area (Å²) in [6.45, 7) is 14.3. The minimum atomic E-state index is -0.213. The van der Waals surface area contributed by atoms with E-state index in [1.165, 1.54) is 111 Å². The van der Waals surface area contributed by atoms with Crippen LogP contribution in [-0.2, 0) is 16.2 Å². The average Bonchev–Trinajstić information content (AvgIpc) is 2.82. The summed E-state index contributed by atoms with van der Waals surface area (Å²) < 4.78 is 11.1. The average molecular weight is 1130 g/mol. The zero-order valence-corrected chi connectivity index (χ0v) is 50.6. The predicted octanol–water partition coefficient (Wildman–Crippen LogP) is 22.2. The quantitative estimate of drug-likeness (QED) is 0.114. The number of methoxy groups -OCH3 is 2. The zero-order valence-electron chi connectivity index (χ0n) is 50.6. The highest BCUT2D eigenvalue weighted by atomic mass is 16.5. The molecule has 4 nitrogen and oxygen atoms in total. The third-order valence-electron chi connectivity index (χ3n) is 19.2. The van der Waals surface area contributed by atoms with Crippen LogP contribution in [0.1, 0.15) is 97.2 Å². The van der Waals surface area contributed by atoms with Gasteiger partial charge in [0, 0.05) is 50.4 Å². The van der Waals surface area contributed by atoms with Crippen molar-refractivity contribution in [1.82, 2.24) is 0 Å². The van der Waals surface area contributed by atoms with Gasteiger partial charge < -0.3 is 19.3 Å². The Morgan fingerprint density at radius 2 is 0.506 bits per heavy atom. The van der Waals surface area contributed by atoms with E-state index in [-0.39, 0.29) is 16.2 Å². The fourth-order valence-corrected chi connectivity index (χ4v) is 14.3. The molecular formula is C83H68N2O2. The van der Waals surface area contributed by atoms with Gasteiger partial charge in [0.05, 0.1) is 14.2 Å². The Kier molecular flexibility index (Phi) is 12.6. The summed E-state index contributed by atoms with van der Waals surface area (Å²) in [6.07, 6.45) is 9.15. The molecule has 3 aliphatic rings. The molecule has 0 aliphatic heterocycles. The highest BCUT2D eigenvalue weighted by molar-refractivity contribution is 5.94. The van der Waals surface area contributed by atoms with Crippen LogP contribution in [-0.4, -0.2) is 14.2 Å². The van der Waals surface area contributed by atoms with Gasteiger partial charge >= 0.3 is 0 Å². The van der Waals surface area contributed by atoms with Gasteiger partial charge in [0.2, 0.25) is 0 Å². The lowest BCUT2D eigenvalue weighted by Gasteiger charge is -2.28. The van der Waals surface area contributed by atoms with Crippen molar-refractivity contribution in [2.24, 2.45) is 0 Å². The lowest BCUT2D eigenvalue weighted by Crippen LogP contribution is -2.16. The lowest BCUT2D eigenvalue weighted by atomic mass is 9.81. The maximum absolute atomic E-state index is 5.57. The summed E-state index contributed by atoms with van der Waals surface area (Å²) in [5.41, 5.74) is 26.7. The number of rotatable bonds is 12. The Labute approximate surface area is 511 Å². The number of anilines is 6. The Balaban J connectivity index is 0.665. The van der Waals surface area contributed by atoms with Crippen molar-refractivity contribution in [3.63, 3.8) is 0 Å². The summed E-state index contributed by atoms with van der Waals surface area (Å²) in [5, 5.41) is 4.87. The number of nitrogens with zero attached hydrogens (tertiary/aromatic N) is 2. The van der Waals surface area contributed by atoms with Gasteiger partial charge in [0.1, 0.15) is 11.5 Å². The number of benzene rings is 12. The molecule has 3 aliphatic carbocycles. The van der Waals surface area contributed by atoms with Gasteiger partial charge in [-0.15, -0.1) is 0 Å². The molecule has 0 radical (unpaired) electrons. The molecule has 4 heteroatoms. The maximum Gasteiger partial charge on any atom is 0.119 e. The fourth-order valence-electron chi connectivity index (χ4n) is 14.3. The minimum absolute atomic E-state index is 0.169. The molecular weight excluding hydrogens is 1060 g/mol. The smallest absolute Gasteiger partial charge is 0.119 e. The van der Waals surface area contributed by atoms with Crippen LogP contribution in [0.4, 0.5) is 34.1 Å². The maximum atomic E-state index is 5.57. The first kappa shape index (κ1) is 53.6. The van der Waals surface area contributed by atoms with Crippen molar-refractivity contribution in [2.45, 2.75) is 57.8 Å². The molecule has 15 rings (SSSR count). The van der Waals surface area contributed by atoms with E-state index in [1.54, 1.807) is 14.2 Å². The molecule has 87 heavy (non-hydrogen) atoms. The molecule has 0 spiro atoms. The van der Waals surface area contributed by atoms with E-state index in [4.69, 9.17) is 9.47 Å². The van der Waals surface area contributed by atoms with Crippen LogP contribution in [0.15, 0.2) is 243 Å². The van der Waals surface area contributed by atoms with Crippen LogP contribution in [0.3, 0.4) is 0 Å². The topological polar surface area (TPSA) is 24.9 Å². The first-order chi connectivity index (χ1) is 42.2. The first-order valence-electron chi connectivity index (χ1n) is 30.3. The third kappa shape index (κ3) is 9.04. The second-order valence-electron chi connectivity index (χ2n) is 25.4. The van der Waals surface area contributed by atoms with Crippen molar-refractivity contribution in [1.29, 1.82) is 0 Å². The van der Waals surface area contributed by atoms with Gasteiger partial charge in [-0.05, 0) is 208 Å². The van der Waals surface area contributed by atoms with Crippen LogP contribution >= 0.6 is 0 Å². The molecule has 0 heterocycles. The predicted molar refractivity (Wildman–Crippen MR) is 367 cm³/mol. The molecule has 0 aromatic heterocycles. The summed E-state index contributed by atoms with van der Waals surface area (Å²) in [5.74, 6) is 1.67. The van der Waals surface area contributed by atoms with Gasteiger partial charge in [-0.25, -0.2) is 0 Å². The van der Waals surface area contributed by atoms with Crippen molar-refractivity contribution in [2.75, 3.05) is 24.0 Å². The molecule has 0 amide bonds. The summed E-state index contributed by atoms with van der Waals surface area (Å²) in [4.78, 5) is 4.73. The summed E-state index contributed by atoms with van der Waals surface area (Å²) >= 11 is 0. The van der Waals surface area contributed by atoms with Gasteiger partial charge in [-0.2, -0.15) is 0 Å². The van der Waals surface area contributed by atoms with E-state index in [9.17, 15) is 0 Å². The molecule has 422 valence electrons. The van der Waals surface area contributed by atoms with Crippen LogP contribution in [0.2, 0.25) is 0 Å². The largest absolute Gasteiger partial charge is 0.497 e. The Hall–Kier alpha value is -10.2. The van der Waals surface area contributed by atoms with E-state index in [1.807, 2.05) is 24.3 Å². The number of ether oxygens (including phenoxy) is 2. The number of hydrogen-bond donors (Lipinski definition) is 0. The van der Waals surface area contributed by atoms with Crippen molar-refractivity contribution in [3.8, 4) is 44.9 Å². The van der Waals surface area contributed by atoms with E-state index < -0.39 is 0 Å². The Morgan fingerprint density at radius 1 is 0.253 bits per heavy atom. The van der Waals surface area contributed by atoms with E-state index in [2.05, 4.69) is 294 Å². The summed E-state index contributed by atoms with van der Waals surface area (Å²) in [6, 6.07) is 89.4. The molecule has 0 bridgehead atoms. The fraction of sp³-hybridized carbons (Fsp3) is 0.133. The van der Waals surface area contributed by atoms with Gasteiger partial charge in [0.15, 0.2) is 0 Å². The number of hydrogen-bond acceptors (Lipinski definition) is 4. The summed E-state index contributed by atoms with van der Waals surface area (Å²) in [7, 11) is 3.43. The Morgan fingerprint density at radius 3 is 0.816 bits per heavy atom. The number of fused-ring (bicyclic) bond motifs is 11. The molecule has 12 aromatic carbocycles. The first-order valence-corrected chi connectivity index (χ1v) is 30.3. The van der Waals surface area contributed by atoms with E-state index in [0.29, 0.717) is 0 Å². The van der Waals surface area contributed by atoms with Gasteiger partial charge in [-0.3, -0.25) is 0 Å². The van der Waals surface area contributed by atoms with E-state index in [0.717, 1.165) is 45.6 Å². The molecule has 0 saturated carbocycles. The van der Waals surface area contributed by atoms with Crippen molar-refractivity contribution >= 4 is 80.0 Å². The molecule has 0 atom stereocenters. The standard InChI is InChI=1S/C83H68N2O2/c1-81(2)75-45-53(17-19-55-23-41-71-73-43-33-65(51-79(73)82(3,4)77(71)47-55)84(61-29-35-67(86-7)36-30-61)63-27-25-57-13-9-11-15-59(57)49-63)21-39-69(75)70-40-22-54(46-76(70)81)18-20-56-24-42-72-74-44-34-66(52-80(74)83(5,6)78(72)48-56)85(62-31-37-68(87-8)38-32-62)64-28-26-58-14-10-12-16-60(58)50-64/h9-52H,1-8H3/b19-17+,20-18+. The van der Waals surface area contributed by atoms with Crippen LogP contribution in [0.25, 0.3) is 79.2 Å². The van der Waals surface area contributed by atoms with Crippen LogP contribution < -0.4 is 19.3 Å². The molecule has 0 fully saturated rings. The Bertz CT molecular complexity index is 4500. The zero-order chi connectivity index (χ0) is 59.3. The normalized spacial score (nSPS) is 14.4. The highest BCUT2D eigenvalue weighted by Gasteiger charge is 2.39. The van der Waals surface area contributed by atoms with Gasteiger partial charge in [-0.1, -0.05) is 211 Å². The SMILES string of the molecule is COc1ccc(N(c2ccc3c(c2)C(C)(C)c2cc(/C=C/c4ccc5c(c4)C(C)(C)c4cc(/C=C/c6ccc7c(c6)C(C)(C)c6cc(N(c8ccc(OC)cc8)c8ccc9ccccc9c8)ccc6-7)ccc4-5)ccc2-3)c2ccc3ccccc3c2)cc1. The second kappa shape index (κ2) is 20.5. The minimum Gasteiger partial charge on any atom is -0.497 e. The molecule has 0 N–H and O–H groups in total. The van der Waals surface area contributed by atoms with Crippen molar-refractivity contribution in [3.05, 3.63) is 298 Å². The molecule has 0 saturated heterocycles. The third-order valence-corrected chi connectivity index (χ3v) is 19.2. The molecule has 0 unspecified atom stereocenters. The highest BCUT2D eigenvalue weighted by Crippen LogP contribution is 2.54. The van der Waals surface area contributed by atoms with Crippen LogP contribution in [0, 0.1) is 0 Å².